The molecular formula is C19H25ClN2O3. The fourth-order valence-corrected chi connectivity index (χ4v) is 2.70. The van der Waals surface area contributed by atoms with Gasteiger partial charge in [-0.3, -0.25) is 0 Å². The third kappa shape index (κ3) is 5.51. The van der Waals surface area contributed by atoms with Crippen LogP contribution in [0.25, 0.3) is 0 Å². The van der Waals surface area contributed by atoms with Gasteiger partial charge >= 0.3 is 0 Å². The van der Waals surface area contributed by atoms with Crippen molar-refractivity contribution in [2.45, 2.75) is 33.4 Å². The molecule has 0 aliphatic carbocycles. The van der Waals surface area contributed by atoms with Crippen molar-refractivity contribution in [3.8, 4) is 17.4 Å². The first-order valence-corrected chi connectivity index (χ1v) is 8.84. The van der Waals surface area contributed by atoms with Crippen molar-refractivity contribution < 1.29 is 14.2 Å². The van der Waals surface area contributed by atoms with Crippen molar-refractivity contribution in [2.24, 2.45) is 0 Å². The van der Waals surface area contributed by atoms with Gasteiger partial charge in [-0.1, -0.05) is 24.6 Å². The fourth-order valence-electron chi connectivity index (χ4n) is 2.41. The van der Waals surface area contributed by atoms with E-state index in [4.69, 9.17) is 25.8 Å². The average molecular weight is 365 g/mol. The molecule has 2 aromatic rings. The summed E-state index contributed by atoms with van der Waals surface area (Å²) in [5.74, 6) is 1.92. The van der Waals surface area contributed by atoms with Gasteiger partial charge in [0.25, 0.3) is 0 Å². The van der Waals surface area contributed by atoms with Gasteiger partial charge in [0.2, 0.25) is 5.88 Å². The minimum atomic E-state index is 0.558. The zero-order valence-electron chi connectivity index (χ0n) is 15.0. The predicted molar refractivity (Wildman–Crippen MR) is 99.7 cm³/mol. The zero-order valence-corrected chi connectivity index (χ0v) is 15.7. The van der Waals surface area contributed by atoms with Crippen LogP contribution in [-0.4, -0.2) is 25.3 Å². The summed E-state index contributed by atoms with van der Waals surface area (Å²) in [4.78, 5) is 4.20. The van der Waals surface area contributed by atoms with Crippen LogP contribution in [0.2, 0.25) is 5.02 Å². The minimum absolute atomic E-state index is 0.558. The first-order valence-electron chi connectivity index (χ1n) is 8.46. The lowest BCUT2D eigenvalue weighted by Gasteiger charge is -2.15. The number of benzene rings is 1. The standard InChI is InChI=1S/C19H25ClN2O3/c1-4-9-25-18-16(20)10-14(11-17(18)24-5-2)12-21-13-15-7-6-8-22-19(15)23-3/h6-8,10-11,21H,4-5,9,12-13H2,1-3H3. The molecule has 6 heteroatoms. The quantitative estimate of drug-likeness (QED) is 0.684. The van der Waals surface area contributed by atoms with Crippen LogP contribution < -0.4 is 19.5 Å². The van der Waals surface area contributed by atoms with E-state index in [9.17, 15) is 0 Å². The van der Waals surface area contributed by atoms with E-state index in [1.54, 1.807) is 13.3 Å². The van der Waals surface area contributed by atoms with Crippen molar-refractivity contribution >= 4 is 11.6 Å². The number of nitrogens with zero attached hydrogens (tertiary/aromatic N) is 1. The highest BCUT2D eigenvalue weighted by molar-refractivity contribution is 6.32. The molecule has 2 rings (SSSR count). The molecule has 1 aromatic heterocycles. The molecule has 136 valence electrons. The molecule has 0 aliphatic rings. The number of hydrogen-bond acceptors (Lipinski definition) is 5. The number of ether oxygens (including phenoxy) is 3. The third-order valence-electron chi connectivity index (χ3n) is 3.51. The van der Waals surface area contributed by atoms with Gasteiger partial charge < -0.3 is 19.5 Å². The van der Waals surface area contributed by atoms with E-state index < -0.39 is 0 Å². The van der Waals surface area contributed by atoms with Crippen molar-refractivity contribution in [3.05, 3.63) is 46.6 Å². The summed E-state index contributed by atoms with van der Waals surface area (Å²) < 4.78 is 16.7. The summed E-state index contributed by atoms with van der Waals surface area (Å²) in [5.41, 5.74) is 2.03. The highest BCUT2D eigenvalue weighted by atomic mass is 35.5. The van der Waals surface area contributed by atoms with E-state index in [1.807, 2.05) is 31.2 Å². The summed E-state index contributed by atoms with van der Waals surface area (Å²) in [7, 11) is 1.62. The summed E-state index contributed by atoms with van der Waals surface area (Å²) in [6.07, 6.45) is 2.63. The van der Waals surface area contributed by atoms with E-state index in [0.717, 1.165) is 17.5 Å². The van der Waals surface area contributed by atoms with Gasteiger partial charge in [-0.05, 0) is 37.1 Å². The second kappa shape index (κ2) is 10.1. The predicted octanol–water partition coefficient (Wildman–Crippen LogP) is 4.22. The number of pyridine rings is 1. The van der Waals surface area contributed by atoms with Crippen molar-refractivity contribution in [1.29, 1.82) is 0 Å². The van der Waals surface area contributed by atoms with Gasteiger partial charge in [-0.15, -0.1) is 0 Å². The largest absolute Gasteiger partial charge is 0.490 e. The highest BCUT2D eigenvalue weighted by Gasteiger charge is 2.12. The topological polar surface area (TPSA) is 52.6 Å². The summed E-state index contributed by atoms with van der Waals surface area (Å²) in [5, 5.41) is 3.94. The van der Waals surface area contributed by atoms with Crippen LogP contribution in [0.3, 0.4) is 0 Å². The van der Waals surface area contributed by atoms with Gasteiger partial charge in [0.1, 0.15) is 0 Å². The average Bonchev–Trinajstić information content (AvgIpc) is 2.62. The van der Waals surface area contributed by atoms with Crippen LogP contribution in [0.4, 0.5) is 0 Å². The molecule has 0 spiro atoms. The molecule has 0 saturated heterocycles. The second-order valence-corrected chi connectivity index (χ2v) is 5.87. The maximum atomic E-state index is 6.39. The molecule has 0 saturated carbocycles. The number of aromatic nitrogens is 1. The zero-order chi connectivity index (χ0) is 18.1. The number of nitrogens with one attached hydrogen (secondary N) is 1. The fraction of sp³-hybridized carbons (Fsp3) is 0.421. The maximum Gasteiger partial charge on any atom is 0.217 e. The Morgan fingerprint density at radius 2 is 2.00 bits per heavy atom. The van der Waals surface area contributed by atoms with Crippen LogP contribution >= 0.6 is 11.6 Å². The van der Waals surface area contributed by atoms with E-state index in [-0.39, 0.29) is 0 Å². The SMILES string of the molecule is CCCOc1c(Cl)cc(CNCc2cccnc2OC)cc1OCC. The summed E-state index contributed by atoms with van der Waals surface area (Å²) in [6.45, 7) is 6.45. The van der Waals surface area contributed by atoms with Gasteiger partial charge in [-0.25, -0.2) is 4.98 Å². The molecule has 1 aromatic carbocycles. The molecule has 1 heterocycles. The van der Waals surface area contributed by atoms with Crippen LogP contribution in [0.5, 0.6) is 17.4 Å². The van der Waals surface area contributed by atoms with Crippen LogP contribution in [0.15, 0.2) is 30.5 Å². The Hall–Kier alpha value is -1.98. The molecule has 0 amide bonds. The molecule has 0 radical (unpaired) electrons. The summed E-state index contributed by atoms with van der Waals surface area (Å²) in [6, 6.07) is 7.75. The van der Waals surface area contributed by atoms with E-state index in [2.05, 4.69) is 17.2 Å². The van der Waals surface area contributed by atoms with Crippen LogP contribution in [-0.2, 0) is 13.1 Å². The van der Waals surface area contributed by atoms with Crippen molar-refractivity contribution in [2.75, 3.05) is 20.3 Å². The van der Waals surface area contributed by atoms with Gasteiger partial charge in [0, 0.05) is 24.8 Å². The Labute approximate surface area is 154 Å². The lowest BCUT2D eigenvalue weighted by atomic mass is 10.2. The summed E-state index contributed by atoms with van der Waals surface area (Å²) >= 11 is 6.39. The monoisotopic (exact) mass is 364 g/mol. The van der Waals surface area contributed by atoms with Gasteiger partial charge in [0.05, 0.1) is 25.3 Å². The Bertz CT molecular complexity index is 680. The number of hydrogen-bond donors (Lipinski definition) is 1. The number of rotatable bonds is 10. The lowest BCUT2D eigenvalue weighted by Crippen LogP contribution is -2.14. The highest BCUT2D eigenvalue weighted by Crippen LogP contribution is 2.36. The first-order chi connectivity index (χ1) is 12.2. The first kappa shape index (κ1) is 19.3. The molecule has 1 N–H and O–H groups in total. The van der Waals surface area contributed by atoms with Crippen LogP contribution in [0.1, 0.15) is 31.4 Å². The normalized spacial score (nSPS) is 10.6. The number of methoxy groups -OCH3 is 1. The smallest absolute Gasteiger partial charge is 0.217 e. The molecule has 0 aliphatic heterocycles. The second-order valence-electron chi connectivity index (χ2n) is 5.46. The van der Waals surface area contributed by atoms with Crippen molar-refractivity contribution in [3.63, 3.8) is 0 Å². The molecule has 0 fully saturated rings. The molecule has 0 bridgehead atoms. The molecular weight excluding hydrogens is 340 g/mol. The van der Waals surface area contributed by atoms with Gasteiger partial charge in [0.15, 0.2) is 11.5 Å². The Balaban J connectivity index is 2.06. The van der Waals surface area contributed by atoms with E-state index in [1.165, 1.54) is 0 Å². The Morgan fingerprint density at radius 1 is 1.16 bits per heavy atom. The molecule has 0 atom stereocenters. The minimum Gasteiger partial charge on any atom is -0.490 e. The molecule has 25 heavy (non-hydrogen) atoms. The third-order valence-corrected chi connectivity index (χ3v) is 3.79. The Morgan fingerprint density at radius 3 is 2.72 bits per heavy atom. The van der Waals surface area contributed by atoms with Crippen molar-refractivity contribution in [1.82, 2.24) is 10.3 Å². The Kier molecular flexibility index (Phi) is 7.82. The van der Waals surface area contributed by atoms with Gasteiger partial charge in [-0.2, -0.15) is 0 Å². The maximum absolute atomic E-state index is 6.39. The molecule has 5 nitrogen and oxygen atoms in total. The van der Waals surface area contributed by atoms with E-state index >= 15 is 0 Å². The van der Waals surface area contributed by atoms with E-state index in [0.29, 0.717) is 48.7 Å². The van der Waals surface area contributed by atoms with Crippen LogP contribution in [0, 0.1) is 0 Å². The number of halogens is 1. The molecule has 0 unspecified atom stereocenters. The lowest BCUT2D eigenvalue weighted by molar-refractivity contribution is 0.277.